The molecule has 1 aromatic rings. The molecule has 1 aromatic carbocycles. The third kappa shape index (κ3) is 8.72. The number of hydrogen-bond acceptors (Lipinski definition) is 4. The summed E-state index contributed by atoms with van der Waals surface area (Å²) in [5, 5.41) is 20.0. The van der Waals surface area contributed by atoms with Crippen molar-refractivity contribution in [3.8, 4) is 0 Å². The summed E-state index contributed by atoms with van der Waals surface area (Å²) in [7, 11) is 0. The smallest absolute Gasteiger partial charge is 0.293 e. The molecule has 2 N–H and O–H groups in total. The first kappa shape index (κ1) is 19.7. The maximum absolute atomic E-state index is 10.5. The maximum atomic E-state index is 10.5. The summed E-state index contributed by atoms with van der Waals surface area (Å²) >= 11 is 0. The van der Waals surface area contributed by atoms with E-state index in [0.29, 0.717) is 6.47 Å². The minimum Gasteiger partial charge on any atom is -0.464 e. The molecule has 0 unspecified atom stereocenters. The molecule has 3 radical (unpaired) electrons. The Hall–Kier alpha value is -1.39. The average Bonchev–Trinajstić information content (AvgIpc) is 2.56. The molecule has 1 rings (SSSR count). The number of rotatable bonds is 13. The molecule has 0 saturated heterocycles. The summed E-state index contributed by atoms with van der Waals surface area (Å²) in [4.78, 5) is 10.5. The van der Waals surface area contributed by atoms with Crippen LogP contribution in [0, 0.1) is 19.3 Å². The fourth-order valence-electron chi connectivity index (χ4n) is 2.31. The van der Waals surface area contributed by atoms with Gasteiger partial charge >= 0.3 is 0 Å². The number of aliphatic hydroxyl groups excluding tert-OH is 2. The van der Waals surface area contributed by atoms with Gasteiger partial charge in [0.1, 0.15) is 6.10 Å². The second-order valence-electron chi connectivity index (χ2n) is 5.57. The molecule has 23 heavy (non-hydrogen) atoms. The summed E-state index contributed by atoms with van der Waals surface area (Å²) in [5.41, 5.74) is 0.783. The van der Waals surface area contributed by atoms with Gasteiger partial charge in [0.2, 0.25) is 0 Å². The third-order valence-electron chi connectivity index (χ3n) is 3.63. The Morgan fingerprint density at radius 1 is 1.13 bits per heavy atom. The average molecular weight is 319 g/mol. The number of benzene rings is 1. The highest BCUT2D eigenvalue weighted by molar-refractivity contribution is 5.38. The van der Waals surface area contributed by atoms with Crippen LogP contribution < -0.4 is 0 Å². The molecular formula is C19H27O4. The van der Waals surface area contributed by atoms with E-state index in [9.17, 15) is 15.0 Å². The molecule has 4 heteroatoms. The Balaban J connectivity index is 2.25. The quantitative estimate of drug-likeness (QED) is 0.433. The van der Waals surface area contributed by atoms with E-state index < -0.39 is 12.2 Å². The van der Waals surface area contributed by atoms with Crippen molar-refractivity contribution in [3.63, 3.8) is 0 Å². The predicted molar refractivity (Wildman–Crippen MR) is 90.0 cm³/mol. The number of ether oxygens (including phenoxy) is 1. The first-order valence-electron chi connectivity index (χ1n) is 8.19. The topological polar surface area (TPSA) is 66.8 Å². The van der Waals surface area contributed by atoms with Gasteiger partial charge in [-0.25, -0.2) is 0 Å². The molecule has 127 valence electrons. The Morgan fingerprint density at radius 3 is 2.52 bits per heavy atom. The van der Waals surface area contributed by atoms with Crippen molar-refractivity contribution in [2.24, 2.45) is 0 Å². The van der Waals surface area contributed by atoms with Crippen molar-refractivity contribution in [2.75, 3.05) is 0 Å². The van der Waals surface area contributed by atoms with Crippen molar-refractivity contribution in [1.82, 2.24) is 0 Å². The van der Waals surface area contributed by atoms with Crippen molar-refractivity contribution >= 4 is 6.47 Å². The Kier molecular flexibility index (Phi) is 10.3. The van der Waals surface area contributed by atoms with Crippen LogP contribution in [0.2, 0.25) is 0 Å². The Morgan fingerprint density at radius 2 is 1.87 bits per heavy atom. The number of unbranched alkanes of at least 4 members (excludes halogenated alkanes) is 2. The molecule has 4 nitrogen and oxygen atoms in total. The van der Waals surface area contributed by atoms with E-state index in [0.717, 1.165) is 31.2 Å². The predicted octanol–water partition coefficient (Wildman–Crippen LogP) is 3.21. The van der Waals surface area contributed by atoms with Gasteiger partial charge in [0.05, 0.1) is 12.2 Å². The van der Waals surface area contributed by atoms with Crippen LogP contribution in [0.3, 0.4) is 0 Å². The van der Waals surface area contributed by atoms with Gasteiger partial charge in [-0.15, -0.1) is 0 Å². The maximum Gasteiger partial charge on any atom is 0.293 e. The molecule has 0 aromatic heterocycles. The molecule has 0 aliphatic carbocycles. The van der Waals surface area contributed by atoms with Gasteiger partial charge in [0.15, 0.2) is 0 Å². The lowest BCUT2D eigenvalue weighted by Crippen LogP contribution is -2.17. The van der Waals surface area contributed by atoms with Gasteiger partial charge in [-0.05, 0) is 31.2 Å². The minimum absolute atomic E-state index is 0.226. The van der Waals surface area contributed by atoms with Gasteiger partial charge in [-0.2, -0.15) is 0 Å². The van der Waals surface area contributed by atoms with Gasteiger partial charge in [0, 0.05) is 12.8 Å². The van der Waals surface area contributed by atoms with Crippen LogP contribution in [0.15, 0.2) is 30.3 Å². The summed E-state index contributed by atoms with van der Waals surface area (Å²) in [5.74, 6) is 0. The minimum atomic E-state index is -0.756. The van der Waals surface area contributed by atoms with Crippen molar-refractivity contribution < 1.29 is 19.7 Å². The largest absolute Gasteiger partial charge is 0.464 e. The molecule has 0 saturated carbocycles. The molecule has 0 heterocycles. The first-order chi connectivity index (χ1) is 11.2. The zero-order valence-corrected chi connectivity index (χ0v) is 13.7. The van der Waals surface area contributed by atoms with E-state index in [4.69, 9.17) is 4.74 Å². The lowest BCUT2D eigenvalue weighted by molar-refractivity contribution is -0.132. The lowest BCUT2D eigenvalue weighted by Gasteiger charge is -2.17. The van der Waals surface area contributed by atoms with Crippen LogP contribution in [0.4, 0.5) is 0 Å². The van der Waals surface area contributed by atoms with Gasteiger partial charge in [-0.3, -0.25) is 4.79 Å². The summed E-state index contributed by atoms with van der Waals surface area (Å²) < 4.78 is 5.00. The fourth-order valence-corrected chi connectivity index (χ4v) is 2.31. The normalized spacial score (nSPS) is 14.9. The van der Waals surface area contributed by atoms with Crippen LogP contribution in [0.1, 0.15) is 50.7 Å². The van der Waals surface area contributed by atoms with Crippen molar-refractivity contribution in [2.45, 2.75) is 57.3 Å². The van der Waals surface area contributed by atoms with Crippen LogP contribution in [0.25, 0.3) is 0 Å². The van der Waals surface area contributed by atoms with Gasteiger partial charge in [0.25, 0.3) is 6.47 Å². The zero-order chi connectivity index (χ0) is 16.9. The van der Waals surface area contributed by atoms with E-state index in [1.54, 1.807) is 19.3 Å². The second kappa shape index (κ2) is 12.1. The molecular weight excluding hydrogens is 292 g/mol. The van der Waals surface area contributed by atoms with E-state index in [1.165, 1.54) is 0 Å². The fraction of sp³-hybridized carbons (Fsp3) is 0.474. The van der Waals surface area contributed by atoms with Crippen LogP contribution >= 0.6 is 0 Å². The molecule has 0 bridgehead atoms. The highest BCUT2D eigenvalue weighted by atomic mass is 16.5. The zero-order valence-electron chi connectivity index (χ0n) is 13.7. The molecule has 3 atom stereocenters. The van der Waals surface area contributed by atoms with E-state index in [2.05, 4.69) is 6.92 Å². The third-order valence-corrected chi connectivity index (χ3v) is 3.63. The summed E-state index contributed by atoms with van der Waals surface area (Å²) in [6.45, 7) is 2.57. The number of hydrogen-bond donors (Lipinski definition) is 2. The number of aliphatic hydroxyl groups is 2. The van der Waals surface area contributed by atoms with Crippen LogP contribution in [0.5, 0.6) is 0 Å². The molecule has 0 amide bonds. The lowest BCUT2D eigenvalue weighted by atomic mass is 9.98. The molecule has 0 aliphatic rings. The number of carbonyl (C=O) groups excluding carboxylic acids is 1. The van der Waals surface area contributed by atoms with Crippen molar-refractivity contribution in [3.05, 3.63) is 55.2 Å². The Bertz CT molecular complexity index is 407. The number of carbonyl (C=O) groups is 1. The van der Waals surface area contributed by atoms with Gasteiger partial charge < -0.3 is 14.9 Å². The second-order valence-corrected chi connectivity index (χ2v) is 5.57. The molecule has 0 aliphatic heterocycles. The van der Waals surface area contributed by atoms with Crippen LogP contribution in [-0.4, -0.2) is 28.9 Å². The highest BCUT2D eigenvalue weighted by Gasteiger charge is 2.16. The van der Waals surface area contributed by atoms with Gasteiger partial charge in [-0.1, -0.05) is 50.1 Å². The summed E-state index contributed by atoms with van der Waals surface area (Å²) in [6.07, 6.45) is 7.55. The summed E-state index contributed by atoms with van der Waals surface area (Å²) in [6, 6.07) is 9.25. The first-order valence-corrected chi connectivity index (χ1v) is 8.19. The SMILES string of the molecule is CCCCC[C@H]([CH][CH][CH][C@@H](O)C[C@@H](O)c1ccccc1)OC=O. The molecule has 0 fully saturated rings. The molecule has 0 spiro atoms. The van der Waals surface area contributed by atoms with E-state index in [1.807, 2.05) is 30.3 Å². The van der Waals surface area contributed by atoms with E-state index >= 15 is 0 Å². The van der Waals surface area contributed by atoms with Crippen LogP contribution in [-0.2, 0) is 9.53 Å². The monoisotopic (exact) mass is 319 g/mol. The highest BCUT2D eigenvalue weighted by Crippen LogP contribution is 2.20. The Labute approximate surface area is 139 Å². The van der Waals surface area contributed by atoms with Crippen molar-refractivity contribution in [1.29, 1.82) is 0 Å². The van der Waals surface area contributed by atoms with E-state index in [-0.39, 0.29) is 12.5 Å². The standard InChI is InChI=1S/C19H27O4/c1-2-3-5-12-18(23-15-20)13-8-11-17(21)14-19(22)16-9-6-4-7-10-16/h4,6-11,13,15,17-19,21-22H,2-3,5,12,14H2,1H3/t17-,18-,19-/m1/s1.